The molecular formula is C17H19Br2NO. The first-order chi connectivity index (χ1) is 10.0. The standard InChI is InChI=1S/C17H19Br2NO/c1-11-8-13(18)4-6-15(11)16(20-2)10-12-9-14(19)5-7-17(12)21-3/h4-9,16,20H,10H2,1-3H3. The highest BCUT2D eigenvalue weighted by Gasteiger charge is 2.15. The molecule has 2 aromatic carbocycles. The van der Waals surface area contributed by atoms with Gasteiger partial charge in [0, 0.05) is 15.0 Å². The van der Waals surface area contributed by atoms with Crippen molar-refractivity contribution in [3.8, 4) is 5.75 Å². The number of rotatable bonds is 5. The number of halogens is 2. The largest absolute Gasteiger partial charge is 0.496 e. The molecule has 0 radical (unpaired) electrons. The third-order valence-electron chi connectivity index (χ3n) is 3.62. The molecule has 2 aromatic rings. The first kappa shape index (κ1) is 16.5. The zero-order valence-electron chi connectivity index (χ0n) is 12.4. The number of ether oxygens (including phenoxy) is 1. The minimum absolute atomic E-state index is 0.251. The lowest BCUT2D eigenvalue weighted by Crippen LogP contribution is -2.20. The Morgan fingerprint density at radius 1 is 1.10 bits per heavy atom. The van der Waals surface area contributed by atoms with E-state index < -0.39 is 0 Å². The molecule has 0 amide bonds. The topological polar surface area (TPSA) is 21.3 Å². The zero-order chi connectivity index (χ0) is 15.4. The molecule has 0 aliphatic carbocycles. The molecule has 1 unspecified atom stereocenters. The fourth-order valence-corrected chi connectivity index (χ4v) is 3.41. The molecule has 112 valence electrons. The summed E-state index contributed by atoms with van der Waals surface area (Å²) in [6, 6.07) is 12.8. The lowest BCUT2D eigenvalue weighted by atomic mass is 9.95. The third kappa shape index (κ3) is 4.09. The van der Waals surface area contributed by atoms with Gasteiger partial charge in [0.2, 0.25) is 0 Å². The average molecular weight is 413 g/mol. The van der Waals surface area contributed by atoms with Crippen LogP contribution in [-0.2, 0) is 6.42 Å². The second kappa shape index (κ2) is 7.43. The van der Waals surface area contributed by atoms with Gasteiger partial charge in [-0.15, -0.1) is 0 Å². The Balaban J connectivity index is 2.33. The molecule has 0 saturated heterocycles. The Kier molecular flexibility index (Phi) is 5.85. The third-order valence-corrected chi connectivity index (χ3v) is 4.61. The summed E-state index contributed by atoms with van der Waals surface area (Å²) in [5.74, 6) is 0.924. The fraction of sp³-hybridized carbons (Fsp3) is 0.294. The number of nitrogens with one attached hydrogen (secondary N) is 1. The van der Waals surface area contributed by atoms with Crippen molar-refractivity contribution >= 4 is 31.9 Å². The molecule has 0 fully saturated rings. The highest BCUT2D eigenvalue weighted by Crippen LogP contribution is 2.29. The highest BCUT2D eigenvalue weighted by molar-refractivity contribution is 9.10. The van der Waals surface area contributed by atoms with Gasteiger partial charge in [0.15, 0.2) is 0 Å². The second-order valence-electron chi connectivity index (χ2n) is 5.00. The van der Waals surface area contributed by atoms with Gasteiger partial charge in [0.25, 0.3) is 0 Å². The van der Waals surface area contributed by atoms with Gasteiger partial charge in [-0.05, 0) is 67.4 Å². The van der Waals surface area contributed by atoms with Crippen LogP contribution >= 0.6 is 31.9 Å². The molecule has 0 aliphatic heterocycles. The maximum atomic E-state index is 5.47. The van der Waals surface area contributed by atoms with Crippen LogP contribution in [0.25, 0.3) is 0 Å². The van der Waals surface area contributed by atoms with E-state index in [1.807, 2.05) is 19.2 Å². The van der Waals surface area contributed by atoms with Crippen molar-refractivity contribution in [2.24, 2.45) is 0 Å². The minimum atomic E-state index is 0.251. The zero-order valence-corrected chi connectivity index (χ0v) is 15.6. The Labute approximate surface area is 143 Å². The average Bonchev–Trinajstić information content (AvgIpc) is 2.45. The van der Waals surface area contributed by atoms with Gasteiger partial charge in [-0.3, -0.25) is 0 Å². The Morgan fingerprint density at radius 3 is 2.38 bits per heavy atom. The maximum Gasteiger partial charge on any atom is 0.122 e. The van der Waals surface area contributed by atoms with Crippen LogP contribution in [-0.4, -0.2) is 14.2 Å². The molecule has 0 saturated carbocycles. The number of likely N-dealkylation sites (N-methyl/N-ethyl adjacent to an activating group) is 1. The second-order valence-corrected chi connectivity index (χ2v) is 6.83. The first-order valence-electron chi connectivity index (χ1n) is 6.81. The molecule has 0 aliphatic rings. The number of benzene rings is 2. The van der Waals surface area contributed by atoms with Crippen LogP contribution in [0.3, 0.4) is 0 Å². The number of hydrogen-bond acceptors (Lipinski definition) is 2. The Bertz CT molecular complexity index is 628. The van der Waals surface area contributed by atoms with Gasteiger partial charge in [0.1, 0.15) is 5.75 Å². The fourth-order valence-electron chi connectivity index (χ4n) is 2.52. The van der Waals surface area contributed by atoms with E-state index in [-0.39, 0.29) is 6.04 Å². The summed E-state index contributed by atoms with van der Waals surface area (Å²) in [7, 11) is 3.71. The predicted octanol–water partition coefficient (Wildman–Crippen LogP) is 5.03. The van der Waals surface area contributed by atoms with Crippen LogP contribution in [0.4, 0.5) is 0 Å². The van der Waals surface area contributed by atoms with Gasteiger partial charge < -0.3 is 10.1 Å². The summed E-state index contributed by atoms with van der Waals surface area (Å²) in [5.41, 5.74) is 3.77. The van der Waals surface area contributed by atoms with E-state index in [0.717, 1.165) is 21.1 Å². The molecule has 2 rings (SSSR count). The summed E-state index contributed by atoms with van der Waals surface area (Å²) < 4.78 is 7.65. The van der Waals surface area contributed by atoms with Gasteiger partial charge in [0.05, 0.1) is 7.11 Å². The van der Waals surface area contributed by atoms with Crippen LogP contribution in [0, 0.1) is 6.92 Å². The van der Waals surface area contributed by atoms with E-state index in [1.54, 1.807) is 7.11 Å². The number of aryl methyl sites for hydroxylation is 1. The van der Waals surface area contributed by atoms with Crippen molar-refractivity contribution in [2.45, 2.75) is 19.4 Å². The van der Waals surface area contributed by atoms with Crippen LogP contribution < -0.4 is 10.1 Å². The summed E-state index contributed by atoms with van der Waals surface area (Å²) in [5, 5.41) is 3.41. The highest BCUT2D eigenvalue weighted by atomic mass is 79.9. The molecule has 1 N–H and O–H groups in total. The van der Waals surface area contributed by atoms with Crippen LogP contribution in [0.2, 0.25) is 0 Å². The number of hydrogen-bond donors (Lipinski definition) is 1. The van der Waals surface area contributed by atoms with Crippen molar-refractivity contribution in [2.75, 3.05) is 14.2 Å². The van der Waals surface area contributed by atoms with Crippen molar-refractivity contribution in [3.63, 3.8) is 0 Å². The van der Waals surface area contributed by atoms with Gasteiger partial charge in [-0.2, -0.15) is 0 Å². The predicted molar refractivity (Wildman–Crippen MR) is 95.1 cm³/mol. The van der Waals surface area contributed by atoms with Crippen LogP contribution in [0.15, 0.2) is 45.3 Å². The monoisotopic (exact) mass is 411 g/mol. The minimum Gasteiger partial charge on any atom is -0.496 e. The lowest BCUT2D eigenvalue weighted by Gasteiger charge is -2.20. The van der Waals surface area contributed by atoms with E-state index in [2.05, 4.69) is 68.4 Å². The Hall–Kier alpha value is -0.840. The van der Waals surface area contributed by atoms with Crippen LogP contribution in [0.1, 0.15) is 22.7 Å². The molecule has 1 atom stereocenters. The summed E-state index contributed by atoms with van der Waals surface area (Å²) in [6.45, 7) is 2.14. The summed E-state index contributed by atoms with van der Waals surface area (Å²) in [4.78, 5) is 0. The first-order valence-corrected chi connectivity index (χ1v) is 8.39. The SMILES string of the molecule is CNC(Cc1cc(Br)ccc1OC)c1ccc(Br)cc1C. The molecule has 0 aromatic heterocycles. The maximum absolute atomic E-state index is 5.47. The smallest absolute Gasteiger partial charge is 0.122 e. The van der Waals surface area contributed by atoms with Gasteiger partial charge in [-0.1, -0.05) is 37.9 Å². The number of methoxy groups -OCH3 is 1. The molecule has 0 spiro atoms. The van der Waals surface area contributed by atoms with E-state index in [4.69, 9.17) is 4.74 Å². The molecule has 21 heavy (non-hydrogen) atoms. The van der Waals surface area contributed by atoms with Crippen molar-refractivity contribution in [3.05, 3.63) is 62.0 Å². The van der Waals surface area contributed by atoms with E-state index in [0.29, 0.717) is 0 Å². The van der Waals surface area contributed by atoms with Gasteiger partial charge >= 0.3 is 0 Å². The quantitative estimate of drug-likeness (QED) is 0.743. The van der Waals surface area contributed by atoms with E-state index in [1.165, 1.54) is 16.7 Å². The molecule has 4 heteroatoms. The summed E-state index contributed by atoms with van der Waals surface area (Å²) >= 11 is 7.06. The molecular weight excluding hydrogens is 394 g/mol. The van der Waals surface area contributed by atoms with Crippen molar-refractivity contribution in [1.29, 1.82) is 0 Å². The summed E-state index contributed by atoms with van der Waals surface area (Å²) in [6.07, 6.45) is 0.877. The van der Waals surface area contributed by atoms with E-state index >= 15 is 0 Å². The van der Waals surface area contributed by atoms with Crippen molar-refractivity contribution < 1.29 is 4.74 Å². The molecule has 0 bridgehead atoms. The van der Waals surface area contributed by atoms with Crippen LogP contribution in [0.5, 0.6) is 5.75 Å². The van der Waals surface area contributed by atoms with Gasteiger partial charge in [-0.25, -0.2) is 0 Å². The normalized spacial score (nSPS) is 12.2. The lowest BCUT2D eigenvalue weighted by molar-refractivity contribution is 0.406. The molecule has 0 heterocycles. The van der Waals surface area contributed by atoms with E-state index in [9.17, 15) is 0 Å². The van der Waals surface area contributed by atoms with Crippen molar-refractivity contribution in [1.82, 2.24) is 5.32 Å². The Morgan fingerprint density at radius 2 is 1.76 bits per heavy atom. The molecule has 2 nitrogen and oxygen atoms in total.